The molecule has 1 saturated heterocycles. The zero-order valence-electron chi connectivity index (χ0n) is 13.2. The largest absolute Gasteiger partial charge is 0.381 e. The fraction of sp³-hybridized carbons (Fsp3) is 0.556. The zero-order valence-corrected chi connectivity index (χ0v) is 14.0. The first-order chi connectivity index (χ1) is 10.2. The molecule has 21 heavy (non-hydrogen) atoms. The van der Waals surface area contributed by atoms with Crippen LogP contribution in [-0.2, 0) is 4.74 Å². The molecule has 1 fully saturated rings. The van der Waals surface area contributed by atoms with Crippen molar-refractivity contribution in [3.05, 3.63) is 34.7 Å². The Morgan fingerprint density at radius 1 is 1.19 bits per heavy atom. The summed E-state index contributed by atoms with van der Waals surface area (Å²) in [4.78, 5) is 1.48. The van der Waals surface area contributed by atoms with Crippen molar-refractivity contribution in [2.24, 2.45) is 5.92 Å². The van der Waals surface area contributed by atoms with Gasteiger partial charge < -0.3 is 10.1 Å². The lowest BCUT2D eigenvalue weighted by atomic mass is 9.92. The predicted molar refractivity (Wildman–Crippen MR) is 91.1 cm³/mol. The summed E-state index contributed by atoms with van der Waals surface area (Å²) in [6.07, 6.45) is 2.37. The van der Waals surface area contributed by atoms with Crippen LogP contribution in [0.3, 0.4) is 0 Å². The molecule has 1 aliphatic rings. The minimum Gasteiger partial charge on any atom is -0.381 e. The molecule has 3 rings (SSSR count). The molecule has 2 atom stereocenters. The average Bonchev–Trinajstić information content (AvgIpc) is 2.86. The Morgan fingerprint density at radius 3 is 2.62 bits per heavy atom. The fourth-order valence-corrected chi connectivity index (χ4v) is 4.65. The van der Waals surface area contributed by atoms with Crippen molar-refractivity contribution in [3.63, 3.8) is 0 Å². The van der Waals surface area contributed by atoms with Gasteiger partial charge in [-0.2, -0.15) is 0 Å². The van der Waals surface area contributed by atoms with Crippen molar-refractivity contribution in [2.45, 2.75) is 45.7 Å². The molecule has 0 saturated carbocycles. The Kier molecular flexibility index (Phi) is 4.63. The van der Waals surface area contributed by atoms with E-state index in [2.05, 4.69) is 50.4 Å². The Balaban J connectivity index is 1.74. The van der Waals surface area contributed by atoms with Crippen LogP contribution in [0, 0.1) is 12.8 Å². The highest BCUT2D eigenvalue weighted by Crippen LogP contribution is 2.35. The van der Waals surface area contributed by atoms with Gasteiger partial charge in [-0.1, -0.05) is 18.2 Å². The van der Waals surface area contributed by atoms with Crippen LogP contribution in [0.1, 0.15) is 43.2 Å². The van der Waals surface area contributed by atoms with E-state index in [0.29, 0.717) is 12.1 Å². The normalized spacial score (nSPS) is 19.8. The first kappa shape index (κ1) is 15.0. The van der Waals surface area contributed by atoms with Crippen LogP contribution >= 0.6 is 11.3 Å². The third-order valence-corrected chi connectivity index (χ3v) is 6.22. The number of thiophene rings is 1. The molecule has 1 aromatic carbocycles. The number of hydrogen-bond donors (Lipinski definition) is 1. The van der Waals surface area contributed by atoms with Gasteiger partial charge >= 0.3 is 0 Å². The van der Waals surface area contributed by atoms with Crippen molar-refractivity contribution in [1.82, 2.24) is 5.32 Å². The van der Waals surface area contributed by atoms with Gasteiger partial charge in [-0.05, 0) is 56.5 Å². The van der Waals surface area contributed by atoms with Gasteiger partial charge in [0.05, 0.1) is 0 Å². The summed E-state index contributed by atoms with van der Waals surface area (Å²) in [5, 5.41) is 5.23. The Morgan fingerprint density at radius 2 is 1.90 bits per heavy atom. The second-order valence-electron chi connectivity index (χ2n) is 6.21. The number of ether oxygens (including phenoxy) is 1. The van der Waals surface area contributed by atoms with Crippen LogP contribution in [0.25, 0.3) is 10.1 Å². The number of rotatable bonds is 4. The Hall–Kier alpha value is -0.900. The molecule has 2 unspecified atom stereocenters. The lowest BCUT2D eigenvalue weighted by Crippen LogP contribution is -2.38. The molecule has 0 amide bonds. The van der Waals surface area contributed by atoms with Gasteiger partial charge in [0.15, 0.2) is 0 Å². The molecular weight excluding hydrogens is 278 g/mol. The van der Waals surface area contributed by atoms with E-state index in [0.717, 1.165) is 19.1 Å². The van der Waals surface area contributed by atoms with Crippen molar-refractivity contribution in [2.75, 3.05) is 13.2 Å². The third-order valence-electron chi connectivity index (χ3n) is 4.76. The molecule has 0 radical (unpaired) electrons. The molecule has 1 aromatic heterocycles. The van der Waals surface area contributed by atoms with E-state index in [1.165, 1.54) is 33.4 Å². The summed E-state index contributed by atoms with van der Waals surface area (Å²) in [6, 6.07) is 9.69. The lowest BCUT2D eigenvalue weighted by molar-refractivity contribution is 0.0547. The van der Waals surface area contributed by atoms with E-state index in [-0.39, 0.29) is 0 Å². The highest BCUT2D eigenvalue weighted by Gasteiger charge is 2.23. The van der Waals surface area contributed by atoms with E-state index in [4.69, 9.17) is 4.74 Å². The number of nitrogens with one attached hydrogen (secondary N) is 1. The Labute approximate surface area is 131 Å². The van der Waals surface area contributed by atoms with Gasteiger partial charge in [-0.25, -0.2) is 0 Å². The summed E-state index contributed by atoms with van der Waals surface area (Å²) in [5.41, 5.74) is 1.44. The van der Waals surface area contributed by atoms with Crippen LogP contribution in [0.2, 0.25) is 0 Å². The second-order valence-corrected chi connectivity index (χ2v) is 7.30. The van der Waals surface area contributed by atoms with Gasteiger partial charge in [-0.3, -0.25) is 0 Å². The van der Waals surface area contributed by atoms with E-state index >= 15 is 0 Å². The summed E-state index contributed by atoms with van der Waals surface area (Å²) in [7, 11) is 0. The summed E-state index contributed by atoms with van der Waals surface area (Å²) >= 11 is 1.93. The summed E-state index contributed by atoms with van der Waals surface area (Å²) < 4.78 is 6.87. The average molecular weight is 303 g/mol. The van der Waals surface area contributed by atoms with Crippen LogP contribution in [0.5, 0.6) is 0 Å². The summed E-state index contributed by atoms with van der Waals surface area (Å²) in [6.45, 7) is 8.73. The van der Waals surface area contributed by atoms with Gasteiger partial charge in [0, 0.05) is 34.9 Å². The minimum atomic E-state index is 0.417. The zero-order chi connectivity index (χ0) is 14.8. The van der Waals surface area contributed by atoms with Gasteiger partial charge in [0.1, 0.15) is 0 Å². The lowest BCUT2D eigenvalue weighted by Gasteiger charge is -2.30. The molecule has 3 heteroatoms. The van der Waals surface area contributed by atoms with Crippen LogP contribution in [0.4, 0.5) is 0 Å². The predicted octanol–water partition coefficient (Wildman–Crippen LogP) is 4.68. The standard InChI is InChI=1S/C18H25NOS/c1-12-16-6-4-5-7-17(16)21-18(12)14(3)19-13(2)15-8-10-20-11-9-15/h4-7,13-15,19H,8-11H2,1-3H3. The molecule has 2 nitrogen and oxygen atoms in total. The molecule has 0 bridgehead atoms. The summed E-state index contributed by atoms with van der Waals surface area (Å²) in [5.74, 6) is 0.746. The van der Waals surface area contributed by atoms with Crippen LogP contribution in [0.15, 0.2) is 24.3 Å². The highest BCUT2D eigenvalue weighted by atomic mass is 32.1. The quantitative estimate of drug-likeness (QED) is 0.886. The minimum absolute atomic E-state index is 0.417. The number of benzene rings is 1. The maximum absolute atomic E-state index is 5.47. The van der Waals surface area contributed by atoms with E-state index < -0.39 is 0 Å². The van der Waals surface area contributed by atoms with Gasteiger partial charge in [0.2, 0.25) is 0 Å². The van der Waals surface area contributed by atoms with E-state index in [1.807, 2.05) is 11.3 Å². The van der Waals surface area contributed by atoms with Gasteiger partial charge in [0.25, 0.3) is 0 Å². The van der Waals surface area contributed by atoms with E-state index in [1.54, 1.807) is 0 Å². The third kappa shape index (κ3) is 3.15. The SMILES string of the molecule is Cc1c(C(C)NC(C)C2CCOCC2)sc2ccccc12. The first-order valence-corrected chi connectivity index (χ1v) is 8.80. The maximum atomic E-state index is 5.47. The monoisotopic (exact) mass is 303 g/mol. The first-order valence-electron chi connectivity index (χ1n) is 7.98. The smallest absolute Gasteiger partial charge is 0.0469 e. The van der Waals surface area contributed by atoms with Crippen molar-refractivity contribution in [1.29, 1.82) is 0 Å². The van der Waals surface area contributed by atoms with Crippen molar-refractivity contribution < 1.29 is 4.74 Å². The van der Waals surface area contributed by atoms with Crippen LogP contribution in [-0.4, -0.2) is 19.3 Å². The molecule has 1 aliphatic heterocycles. The number of fused-ring (bicyclic) bond motifs is 1. The fourth-order valence-electron chi connectivity index (χ4n) is 3.43. The van der Waals surface area contributed by atoms with E-state index in [9.17, 15) is 0 Å². The van der Waals surface area contributed by atoms with Gasteiger partial charge in [-0.15, -0.1) is 11.3 Å². The molecule has 0 aliphatic carbocycles. The molecule has 114 valence electrons. The Bertz CT molecular complexity index is 600. The number of hydrogen-bond acceptors (Lipinski definition) is 3. The topological polar surface area (TPSA) is 21.3 Å². The molecule has 0 spiro atoms. The molecule has 1 N–H and O–H groups in total. The molecular formula is C18H25NOS. The maximum Gasteiger partial charge on any atom is 0.0469 e. The molecule has 2 aromatic rings. The number of aryl methyl sites for hydroxylation is 1. The van der Waals surface area contributed by atoms with Crippen molar-refractivity contribution >= 4 is 21.4 Å². The second kappa shape index (κ2) is 6.47. The van der Waals surface area contributed by atoms with Crippen molar-refractivity contribution in [3.8, 4) is 0 Å². The van der Waals surface area contributed by atoms with Crippen LogP contribution < -0.4 is 5.32 Å². The molecule has 2 heterocycles. The highest BCUT2D eigenvalue weighted by molar-refractivity contribution is 7.19.